The number of likely N-dealkylation sites (tertiary alicyclic amines) is 2. The topological polar surface area (TPSA) is 179 Å². The number of carbonyl (C=O) groups is 1. The van der Waals surface area contributed by atoms with E-state index in [4.69, 9.17) is 19.2 Å². The molecule has 0 spiro atoms. The van der Waals surface area contributed by atoms with Crippen LogP contribution in [0.25, 0.3) is 0 Å². The third-order valence-corrected chi connectivity index (χ3v) is 11.0. The fourth-order valence-corrected chi connectivity index (χ4v) is 7.68. The van der Waals surface area contributed by atoms with E-state index in [9.17, 15) is 36.2 Å². The van der Waals surface area contributed by atoms with Crippen LogP contribution < -0.4 is 19.2 Å². The van der Waals surface area contributed by atoms with Crippen LogP contribution in [0.15, 0.2) is 84.9 Å². The van der Waals surface area contributed by atoms with E-state index in [1.54, 1.807) is 48.5 Å². The number of rotatable bonds is 18. The number of carbonyl (C=O) groups excluding carboxylic acids is 1. The van der Waals surface area contributed by atoms with Gasteiger partial charge in [-0.15, -0.1) is 0 Å². The molecule has 0 bridgehead atoms. The maximum absolute atomic E-state index is 13.0. The maximum atomic E-state index is 13.0. The lowest BCUT2D eigenvalue weighted by Gasteiger charge is -2.34. The summed E-state index contributed by atoms with van der Waals surface area (Å²) in [7, 11) is 2.80. The molecule has 60 heavy (non-hydrogen) atoms. The number of ketones is 1. The molecule has 1 N–H and O–H groups in total. The minimum atomic E-state index is -2.86. The molecule has 3 unspecified atom stereocenters. The number of halogens is 2. The largest absolute Gasteiger partial charge is 0.747 e. The van der Waals surface area contributed by atoms with Crippen LogP contribution in [0.3, 0.4) is 0 Å². The Morgan fingerprint density at radius 3 is 1.62 bits per heavy atom. The zero-order valence-corrected chi connectivity index (χ0v) is 34.8. The molecule has 0 aliphatic carbocycles. The number of aliphatic hydroxyl groups excluding tert-OH is 1. The Labute approximate surface area is 353 Å². The summed E-state index contributed by atoms with van der Waals surface area (Å²) in [4.78, 5) is 27.2. The summed E-state index contributed by atoms with van der Waals surface area (Å²) >= 11 is -5.69. The van der Waals surface area contributed by atoms with Crippen LogP contribution in [-0.4, -0.2) is 91.7 Å². The van der Waals surface area contributed by atoms with Gasteiger partial charge in [0.15, 0.2) is 17.3 Å². The molecule has 2 aliphatic rings. The predicted molar refractivity (Wildman–Crippen MR) is 215 cm³/mol. The van der Waals surface area contributed by atoms with Crippen LogP contribution in [0.5, 0.6) is 23.0 Å². The normalized spacial score (nSPS) is 16.9. The monoisotopic (exact) mass is 874 g/mol. The van der Waals surface area contributed by atoms with Gasteiger partial charge < -0.3 is 43.3 Å². The molecule has 2 heterocycles. The van der Waals surface area contributed by atoms with E-state index in [2.05, 4.69) is 18.5 Å². The highest BCUT2D eigenvalue weighted by Gasteiger charge is 2.30. The lowest BCUT2D eigenvalue weighted by Crippen LogP contribution is -2.37. The molecular formula is C42H48F2N2O12S2-2. The molecular weight excluding hydrogens is 827 g/mol. The van der Waals surface area contributed by atoms with Gasteiger partial charge in [-0.2, -0.15) is 0 Å². The number of hydrogen-bond donors (Lipinski definition) is 1. The van der Waals surface area contributed by atoms with Gasteiger partial charge in [0.25, 0.3) is 0 Å². The van der Waals surface area contributed by atoms with Gasteiger partial charge in [0, 0.05) is 24.6 Å². The Kier molecular flexibility index (Phi) is 18.4. The van der Waals surface area contributed by atoms with Gasteiger partial charge in [0.1, 0.15) is 34.4 Å². The highest BCUT2D eigenvalue weighted by atomic mass is 32.2. The fraction of sp³-hybridized carbons (Fsp3) is 0.405. The van der Waals surface area contributed by atoms with Gasteiger partial charge in [0.2, 0.25) is 11.5 Å². The molecule has 4 aromatic rings. The second kappa shape index (κ2) is 23.6. The molecule has 18 heteroatoms. The molecule has 0 amide bonds. The number of Topliss-reactive ketones (excluding diaryl/α,β-unsaturated/α-hetero) is 1. The van der Waals surface area contributed by atoms with Crippen molar-refractivity contribution in [2.75, 3.05) is 53.5 Å². The molecule has 0 radical (unpaired) electrons. The van der Waals surface area contributed by atoms with Crippen LogP contribution in [0.2, 0.25) is 0 Å². The molecule has 3 atom stereocenters. The summed E-state index contributed by atoms with van der Waals surface area (Å²) in [6.07, 6.45) is 3.92. The summed E-state index contributed by atoms with van der Waals surface area (Å²) in [6.45, 7) is 5.00. The average Bonchev–Trinajstić information content (AvgIpc) is 3.27. The van der Waals surface area contributed by atoms with E-state index in [-0.39, 0.29) is 52.3 Å². The Bertz CT molecular complexity index is 2010. The first-order chi connectivity index (χ1) is 28.9. The third-order valence-electron chi connectivity index (χ3n) is 10.6. The summed E-state index contributed by atoms with van der Waals surface area (Å²) in [5, 5.41) is 10.9. The number of aliphatic hydroxyl groups is 1. The van der Waals surface area contributed by atoms with Gasteiger partial charge in [-0.05, 0) is 124 Å². The van der Waals surface area contributed by atoms with Gasteiger partial charge in [-0.3, -0.25) is 4.79 Å². The lowest BCUT2D eigenvalue weighted by molar-refractivity contribution is -0.0966. The Morgan fingerprint density at radius 2 is 1.15 bits per heavy atom. The minimum absolute atomic E-state index is 0.0179. The van der Waals surface area contributed by atoms with Crippen molar-refractivity contribution in [2.24, 2.45) is 11.8 Å². The molecule has 2 aliphatic heterocycles. The number of hydrogen-bond acceptors (Lipinski definition) is 14. The molecule has 2 fully saturated rings. The van der Waals surface area contributed by atoms with E-state index in [0.717, 1.165) is 76.1 Å². The summed E-state index contributed by atoms with van der Waals surface area (Å²) in [5.41, 5.74) is 3.04. The van der Waals surface area contributed by atoms with Crippen molar-refractivity contribution < 1.29 is 64.1 Å². The predicted octanol–water partition coefficient (Wildman–Crippen LogP) is 6.00. The number of piperidine rings is 2. The number of para-hydroxylation sites is 2. The van der Waals surface area contributed by atoms with Crippen molar-refractivity contribution >= 4 is 28.5 Å². The summed E-state index contributed by atoms with van der Waals surface area (Å²) < 4.78 is 87.2. The van der Waals surface area contributed by atoms with Crippen LogP contribution >= 0.6 is 0 Å². The Morgan fingerprint density at radius 1 is 0.700 bits per heavy atom. The average molecular weight is 875 g/mol. The van der Waals surface area contributed by atoms with Crippen molar-refractivity contribution in [3.05, 3.63) is 119 Å². The van der Waals surface area contributed by atoms with Gasteiger partial charge in [-0.1, -0.05) is 51.1 Å². The third kappa shape index (κ3) is 13.8. The molecule has 14 nitrogen and oxygen atoms in total. The zero-order valence-electron chi connectivity index (χ0n) is 33.2. The first kappa shape index (κ1) is 46.7. The first-order valence-electron chi connectivity index (χ1n) is 19.3. The van der Waals surface area contributed by atoms with Crippen LogP contribution in [0.4, 0.5) is 8.78 Å². The SMILES string of the molecule is COc1c(OOS(=O)[O-])cccc1C(=O)C1CCN(CCc2ccc(F)cc2)CC1.COc1c(OOS(=O)[O-])cccc1C(O)C1CCN(CCc2ccc(F)cc2)CC1. The lowest BCUT2D eigenvalue weighted by atomic mass is 9.87. The molecule has 6 rings (SSSR count). The van der Waals surface area contributed by atoms with Gasteiger partial charge >= 0.3 is 0 Å². The van der Waals surface area contributed by atoms with Gasteiger partial charge in [0.05, 0.1) is 25.9 Å². The summed E-state index contributed by atoms with van der Waals surface area (Å²) in [5.74, 6) is -0.183. The van der Waals surface area contributed by atoms with Gasteiger partial charge in [-0.25, -0.2) is 17.2 Å². The number of methoxy groups -OCH3 is 2. The second-order valence-electron chi connectivity index (χ2n) is 14.3. The van der Waals surface area contributed by atoms with E-state index >= 15 is 0 Å². The molecule has 0 saturated carbocycles. The molecule has 0 aromatic heterocycles. The number of ether oxygens (including phenoxy) is 2. The first-order valence-corrected chi connectivity index (χ1v) is 21.3. The maximum Gasteiger partial charge on any atom is 0.209 e. The van der Waals surface area contributed by atoms with E-state index in [1.807, 2.05) is 0 Å². The van der Waals surface area contributed by atoms with Crippen LogP contribution in [-0.2, 0) is 44.2 Å². The molecule has 2 saturated heterocycles. The Balaban J connectivity index is 0.000000228. The van der Waals surface area contributed by atoms with Crippen molar-refractivity contribution in [1.29, 1.82) is 0 Å². The number of benzene rings is 4. The standard InChI is InChI=1S/C21H26FNO6S.C21H24FNO6S/c2*1-27-21-18(3-2-4-19(21)28-29-30(25)26)20(24)16-10-13-23(14-11-16)12-9-15-5-7-17(22)8-6-15/h2-8,16,20,24H,9-14H2,1H3,(H,25,26);2-8,16H,9-14H2,1H3,(H,25,26)/p-2. The van der Waals surface area contributed by atoms with Crippen LogP contribution in [0, 0.1) is 23.5 Å². The molecule has 4 aromatic carbocycles. The Hall–Kier alpha value is -4.37. The van der Waals surface area contributed by atoms with Crippen LogP contribution in [0.1, 0.15) is 58.8 Å². The van der Waals surface area contributed by atoms with E-state index in [1.165, 1.54) is 50.6 Å². The van der Waals surface area contributed by atoms with E-state index in [0.29, 0.717) is 24.0 Å². The van der Waals surface area contributed by atoms with Crippen molar-refractivity contribution in [3.8, 4) is 23.0 Å². The smallest absolute Gasteiger partial charge is 0.209 e. The quantitative estimate of drug-likeness (QED) is 0.0532. The highest BCUT2D eigenvalue weighted by Crippen LogP contribution is 2.40. The zero-order chi connectivity index (χ0) is 43.0. The number of nitrogens with zero attached hydrogens (tertiary/aromatic N) is 2. The minimum Gasteiger partial charge on any atom is -0.747 e. The molecule has 326 valence electrons. The van der Waals surface area contributed by atoms with Crippen molar-refractivity contribution in [1.82, 2.24) is 9.80 Å². The highest BCUT2D eigenvalue weighted by molar-refractivity contribution is 7.74. The second-order valence-corrected chi connectivity index (χ2v) is 15.4. The summed E-state index contributed by atoms with van der Waals surface area (Å²) in [6, 6.07) is 22.6. The van der Waals surface area contributed by atoms with E-state index < -0.39 is 28.8 Å². The van der Waals surface area contributed by atoms with Crippen molar-refractivity contribution in [3.63, 3.8) is 0 Å². The fourth-order valence-electron chi connectivity index (χ4n) is 7.43. The van der Waals surface area contributed by atoms with Crippen molar-refractivity contribution in [2.45, 2.75) is 44.6 Å².